The molecule has 3 N–H and O–H groups in total. The Morgan fingerprint density at radius 2 is 0.562 bits per heavy atom. The molecule has 0 unspecified atom stereocenters. The van der Waals surface area contributed by atoms with E-state index in [1.54, 1.807) is 0 Å². The van der Waals surface area contributed by atoms with E-state index in [-0.39, 0.29) is 0 Å². The van der Waals surface area contributed by atoms with E-state index in [1.165, 1.54) is 0 Å². The summed E-state index contributed by atoms with van der Waals surface area (Å²) in [4.78, 5) is 51.3. The first-order valence-electron chi connectivity index (χ1n) is 2.13. The SMILES string of the molecule is O=P([O-])([O-])[O-].O=P([O-])([O-])[O-].[OH][Ce+2].[OH][Ce+2].[OH][Ce+2]. The average Bonchev–Trinajstić information content (AvgIpc) is 2.08. The van der Waals surface area contributed by atoms with Gasteiger partial charge in [-0.1, -0.05) is 0 Å². The van der Waals surface area contributed by atoms with E-state index in [2.05, 4.69) is 0 Å². The van der Waals surface area contributed by atoms with Gasteiger partial charge in [-0.3, -0.25) is 0 Å². The summed E-state index contributed by atoms with van der Waals surface area (Å²) in [6, 6.07) is 0. The zero-order chi connectivity index (χ0) is 15.0. The van der Waals surface area contributed by atoms with E-state index >= 15 is 0 Å². The van der Waals surface area contributed by atoms with Gasteiger partial charge in [-0.2, -0.15) is 15.6 Å². The van der Waals surface area contributed by atoms with Crippen molar-refractivity contribution in [2.45, 2.75) is 0 Å². The molecule has 0 rings (SSSR count). The van der Waals surface area contributed by atoms with Crippen LogP contribution in [0.25, 0.3) is 0 Å². The third kappa shape index (κ3) is 302. The molecule has 0 saturated carbocycles. The Balaban J connectivity index is -0.0000000345. The number of phosphoric acid groups is 2. The molecule has 0 aliphatic heterocycles. The Hall–Kier alpha value is 4.23. The molecule has 0 amide bonds. The number of rotatable bonds is 0. The van der Waals surface area contributed by atoms with Gasteiger partial charge in [0.25, 0.3) is 0 Å². The summed E-state index contributed by atoms with van der Waals surface area (Å²) < 4.78 is 38.5. The molecule has 16 heavy (non-hydrogen) atoms. The quantitative estimate of drug-likeness (QED) is 0.206. The molecule has 0 bridgehead atoms. The van der Waals surface area contributed by atoms with Crippen LogP contribution in [-0.2, 0) is 9.13 Å². The predicted molar refractivity (Wildman–Crippen MR) is 21.9 cm³/mol. The fourth-order valence-electron chi connectivity index (χ4n) is 0. The van der Waals surface area contributed by atoms with Gasteiger partial charge in [0.05, 0.1) is 0 Å². The molecule has 0 aromatic carbocycles. The van der Waals surface area contributed by atoms with Gasteiger partial charge in [-0.15, -0.1) is 0 Å². The third-order valence-electron chi connectivity index (χ3n) is 0. The molecule has 0 aliphatic rings. The maximum absolute atomic E-state index is 8.55. The summed E-state index contributed by atoms with van der Waals surface area (Å²) in [5.74, 6) is 0. The zero-order valence-electron chi connectivity index (χ0n) is 7.00. The molecule has 16 heteroatoms. The van der Waals surface area contributed by atoms with Crippen molar-refractivity contribution in [2.24, 2.45) is 0 Å². The van der Waals surface area contributed by atoms with E-state index in [9.17, 15) is 0 Å². The van der Waals surface area contributed by atoms with Crippen LogP contribution >= 0.6 is 15.6 Å². The summed E-state index contributed by atoms with van der Waals surface area (Å²) in [5, 5.41) is 0. The van der Waals surface area contributed by atoms with E-state index in [0.29, 0.717) is 121 Å². The van der Waals surface area contributed by atoms with Gasteiger partial charge in [0, 0.05) is 0 Å². The Morgan fingerprint density at radius 3 is 0.562 bits per heavy atom. The van der Waals surface area contributed by atoms with Crippen molar-refractivity contribution in [2.75, 3.05) is 0 Å². The Labute approximate surface area is 174 Å². The standard InChI is InChI=1S/3Ce.2H3O4P.3H2O/c;;;2*1-5(2,3)4;;;/h;;;2*(H3,1,2,3,4);3*1H2/q3*+3;;;;;/p-9. The second-order valence-electron chi connectivity index (χ2n) is 0.894. The van der Waals surface area contributed by atoms with E-state index < -0.39 is 15.6 Å². The van der Waals surface area contributed by atoms with Gasteiger partial charge in [0.2, 0.25) is 0 Å². The first-order chi connectivity index (χ1) is 7.00. The molecule has 0 spiro atoms. The fraction of sp³-hybridized carbons (Fsp3) is 0. The van der Waals surface area contributed by atoms with Crippen molar-refractivity contribution < 1.29 is 163 Å². The van der Waals surface area contributed by atoms with Gasteiger partial charge in [-0.05, 0) is 0 Å². The third-order valence-corrected chi connectivity index (χ3v) is 0. The van der Waals surface area contributed by atoms with Crippen molar-refractivity contribution in [3.8, 4) is 0 Å². The van der Waals surface area contributed by atoms with Gasteiger partial charge in [0.1, 0.15) is 0 Å². The van der Waals surface area contributed by atoms with Crippen LogP contribution in [0.5, 0.6) is 0 Å². The van der Waals surface area contributed by atoms with E-state index in [1.807, 2.05) is 0 Å². The van der Waals surface area contributed by atoms with Crippen molar-refractivity contribution in [3.63, 3.8) is 0 Å². The molecule has 11 nitrogen and oxygen atoms in total. The van der Waals surface area contributed by atoms with Crippen molar-refractivity contribution in [1.82, 2.24) is 0 Å². The summed E-state index contributed by atoms with van der Waals surface area (Å²) in [6.07, 6.45) is 0. The van der Waals surface area contributed by atoms with E-state index in [0.717, 1.165) is 0 Å². The van der Waals surface area contributed by atoms with Crippen molar-refractivity contribution in [3.05, 3.63) is 0 Å². The summed E-state index contributed by atoms with van der Waals surface area (Å²) in [5.41, 5.74) is 0. The minimum absolute atomic E-state index is 0.306. The van der Waals surface area contributed by atoms with Gasteiger partial charge < -0.3 is 38.5 Å². The summed E-state index contributed by atoms with van der Waals surface area (Å²) in [7, 11) is -10.8. The normalized spacial score (nSPS) is 8.69. The van der Waals surface area contributed by atoms with Gasteiger partial charge in [-0.25, -0.2) is 0 Å². The molecule has 0 aromatic rings. The van der Waals surface area contributed by atoms with Crippen molar-refractivity contribution >= 4 is 15.6 Å². The van der Waals surface area contributed by atoms with Gasteiger partial charge in [0.15, 0.2) is 0 Å². The monoisotopic (exact) mass is 661 g/mol. The molecule has 0 heterocycles. The molecule has 0 radical (unpaired) electrons. The van der Waals surface area contributed by atoms with Crippen LogP contribution in [0.2, 0.25) is 0 Å². The number of hydrogen-bond donors (Lipinski definition) is 3. The second-order valence-corrected chi connectivity index (χ2v) is 2.68. The van der Waals surface area contributed by atoms with Crippen LogP contribution in [0.4, 0.5) is 0 Å². The van der Waals surface area contributed by atoms with Crippen LogP contribution in [0.15, 0.2) is 0 Å². The van der Waals surface area contributed by atoms with Crippen LogP contribution in [0.1, 0.15) is 0 Å². The number of hydrogen-bond acceptors (Lipinski definition) is 11. The Morgan fingerprint density at radius 1 is 0.562 bits per heavy atom. The minimum atomic E-state index is -5.39. The van der Waals surface area contributed by atoms with Crippen LogP contribution in [0.3, 0.4) is 0 Å². The fourth-order valence-corrected chi connectivity index (χ4v) is 0. The first-order valence-corrected chi connectivity index (χ1v) is 9.27. The topological polar surface area (TPSA) is 233 Å². The molecule has 0 aromatic heterocycles. The molecule has 0 atom stereocenters. The molecule has 0 saturated heterocycles. The predicted octanol–water partition coefficient (Wildman–Crippen LogP) is -7.32. The zero-order valence-corrected chi connectivity index (χ0v) is 18.2. The van der Waals surface area contributed by atoms with E-state index in [4.69, 9.17) is 42.5 Å². The summed E-state index contributed by atoms with van der Waals surface area (Å²) in [6.45, 7) is 0. The molecule has 91 valence electrons. The van der Waals surface area contributed by atoms with Crippen LogP contribution < -0.4 is 29.4 Å². The average molecular weight is 661 g/mol. The van der Waals surface area contributed by atoms with Crippen molar-refractivity contribution in [1.29, 1.82) is 0 Å². The molecule has 0 fully saturated rings. The molecular formula is H3Ce3O11P2. The van der Waals surface area contributed by atoms with Crippen LogP contribution in [-0.4, -0.2) is 3.96 Å². The molecule has 0 aliphatic carbocycles. The van der Waals surface area contributed by atoms with Crippen LogP contribution in [0, 0.1) is 121 Å². The van der Waals surface area contributed by atoms with Gasteiger partial charge >= 0.3 is 125 Å². The Kier molecular flexibility index (Phi) is 48.9. The molecular weight excluding hydrogens is 658 g/mol. The Bertz CT molecular complexity index is 132. The maximum atomic E-state index is 8.55. The second kappa shape index (κ2) is 24.3. The summed E-state index contributed by atoms with van der Waals surface area (Å²) >= 11 is 0.917. The first kappa shape index (κ1) is 32.3.